The molecular weight excluding hydrogens is 222 g/mol. The first-order valence-corrected chi connectivity index (χ1v) is 7.31. The molecule has 0 unspecified atom stereocenters. The Kier molecular flexibility index (Phi) is 3.44. The minimum atomic E-state index is 0.777. The normalized spacial score (nSPS) is 20.7. The van der Waals surface area contributed by atoms with Gasteiger partial charge in [0, 0.05) is 17.8 Å². The number of rotatable bonds is 4. The predicted octanol–water partition coefficient (Wildman–Crippen LogP) is 4.00. The highest BCUT2D eigenvalue weighted by molar-refractivity contribution is 5.52. The molecule has 2 aliphatic rings. The van der Waals surface area contributed by atoms with Gasteiger partial charge in [-0.3, -0.25) is 0 Å². The number of ether oxygens (including phenoxy) is 1. The monoisotopic (exact) mass is 245 g/mol. The number of methoxy groups -OCH3 is 1. The number of anilines is 1. The van der Waals surface area contributed by atoms with Crippen molar-refractivity contribution >= 4 is 5.69 Å². The standard InChI is InChI=1S/C16H23NO/c1-18-16-11-9-15(10-12-16)17(14-7-8-14)13-5-3-2-4-6-13/h9-14H,2-8H2,1H3. The van der Waals surface area contributed by atoms with Gasteiger partial charge in [0.15, 0.2) is 0 Å². The van der Waals surface area contributed by atoms with Crippen molar-refractivity contribution in [3.05, 3.63) is 24.3 Å². The fourth-order valence-electron chi connectivity index (χ4n) is 3.19. The molecule has 2 fully saturated rings. The highest BCUT2D eigenvalue weighted by Crippen LogP contribution is 2.38. The summed E-state index contributed by atoms with van der Waals surface area (Å²) in [5.41, 5.74) is 1.39. The maximum Gasteiger partial charge on any atom is 0.119 e. The summed E-state index contributed by atoms with van der Waals surface area (Å²) >= 11 is 0. The van der Waals surface area contributed by atoms with Gasteiger partial charge >= 0.3 is 0 Å². The van der Waals surface area contributed by atoms with Gasteiger partial charge in [0.2, 0.25) is 0 Å². The highest BCUT2D eigenvalue weighted by atomic mass is 16.5. The Morgan fingerprint density at radius 1 is 0.889 bits per heavy atom. The maximum absolute atomic E-state index is 5.25. The summed E-state index contributed by atoms with van der Waals surface area (Å²) in [5, 5.41) is 0. The summed E-state index contributed by atoms with van der Waals surface area (Å²) in [6, 6.07) is 10.2. The van der Waals surface area contributed by atoms with E-state index in [0.29, 0.717) is 0 Å². The average Bonchev–Trinajstić information content (AvgIpc) is 3.26. The van der Waals surface area contributed by atoms with E-state index in [4.69, 9.17) is 4.74 Å². The topological polar surface area (TPSA) is 12.5 Å². The minimum Gasteiger partial charge on any atom is -0.497 e. The minimum absolute atomic E-state index is 0.777. The Hall–Kier alpha value is -1.18. The van der Waals surface area contributed by atoms with Crippen LogP contribution in [0.1, 0.15) is 44.9 Å². The van der Waals surface area contributed by atoms with E-state index < -0.39 is 0 Å². The van der Waals surface area contributed by atoms with Gasteiger partial charge in [-0.2, -0.15) is 0 Å². The second-order valence-corrected chi connectivity index (χ2v) is 5.63. The molecular formula is C16H23NO. The lowest BCUT2D eigenvalue weighted by Crippen LogP contribution is -2.38. The van der Waals surface area contributed by atoms with Gasteiger partial charge in [-0.25, -0.2) is 0 Å². The fourth-order valence-corrected chi connectivity index (χ4v) is 3.19. The molecule has 0 aliphatic heterocycles. The van der Waals surface area contributed by atoms with Gasteiger partial charge in [-0.1, -0.05) is 19.3 Å². The first kappa shape index (κ1) is 11.9. The zero-order valence-electron chi connectivity index (χ0n) is 11.3. The summed E-state index contributed by atoms with van der Waals surface area (Å²) in [7, 11) is 1.73. The molecule has 0 radical (unpaired) electrons. The molecule has 2 heteroatoms. The number of hydrogen-bond donors (Lipinski definition) is 0. The summed E-state index contributed by atoms with van der Waals surface area (Å²) in [6.07, 6.45) is 9.75. The van der Waals surface area contributed by atoms with Gasteiger partial charge in [-0.05, 0) is 49.9 Å². The van der Waals surface area contributed by atoms with Crippen LogP contribution in [0.4, 0.5) is 5.69 Å². The Labute approximate surface area is 110 Å². The van der Waals surface area contributed by atoms with Gasteiger partial charge in [0.25, 0.3) is 0 Å². The maximum atomic E-state index is 5.25. The smallest absolute Gasteiger partial charge is 0.119 e. The van der Waals surface area contributed by atoms with Crippen LogP contribution in [0.25, 0.3) is 0 Å². The van der Waals surface area contributed by atoms with Crippen molar-refractivity contribution in [3.8, 4) is 5.75 Å². The lowest BCUT2D eigenvalue weighted by atomic mass is 9.93. The number of hydrogen-bond acceptors (Lipinski definition) is 2. The quantitative estimate of drug-likeness (QED) is 0.795. The fraction of sp³-hybridized carbons (Fsp3) is 0.625. The molecule has 0 N–H and O–H groups in total. The lowest BCUT2D eigenvalue weighted by molar-refractivity contribution is 0.409. The van der Waals surface area contributed by atoms with E-state index in [9.17, 15) is 0 Å². The van der Waals surface area contributed by atoms with E-state index in [0.717, 1.165) is 17.8 Å². The Morgan fingerprint density at radius 2 is 1.50 bits per heavy atom. The van der Waals surface area contributed by atoms with Crippen molar-refractivity contribution in [1.29, 1.82) is 0 Å². The molecule has 2 nitrogen and oxygen atoms in total. The van der Waals surface area contributed by atoms with Crippen LogP contribution in [0.5, 0.6) is 5.75 Å². The SMILES string of the molecule is COc1ccc(N(C2CCCCC2)C2CC2)cc1. The summed E-state index contributed by atoms with van der Waals surface area (Å²) in [4.78, 5) is 2.69. The second kappa shape index (κ2) is 5.21. The summed E-state index contributed by atoms with van der Waals surface area (Å²) < 4.78 is 5.25. The third-order valence-corrected chi connectivity index (χ3v) is 4.28. The van der Waals surface area contributed by atoms with Crippen LogP contribution in [-0.4, -0.2) is 19.2 Å². The van der Waals surface area contributed by atoms with Crippen LogP contribution < -0.4 is 9.64 Å². The zero-order chi connectivity index (χ0) is 12.4. The molecule has 2 aliphatic carbocycles. The first-order chi connectivity index (χ1) is 8.88. The first-order valence-electron chi connectivity index (χ1n) is 7.31. The molecule has 0 spiro atoms. The molecule has 2 saturated carbocycles. The van der Waals surface area contributed by atoms with Gasteiger partial charge in [0.1, 0.15) is 5.75 Å². The molecule has 98 valence electrons. The molecule has 18 heavy (non-hydrogen) atoms. The van der Waals surface area contributed by atoms with Crippen LogP contribution >= 0.6 is 0 Å². The van der Waals surface area contributed by atoms with E-state index >= 15 is 0 Å². The average molecular weight is 245 g/mol. The van der Waals surface area contributed by atoms with E-state index in [-0.39, 0.29) is 0 Å². The Balaban J connectivity index is 1.79. The highest BCUT2D eigenvalue weighted by Gasteiger charge is 2.34. The van der Waals surface area contributed by atoms with Gasteiger partial charge in [0.05, 0.1) is 7.11 Å². The summed E-state index contributed by atoms with van der Waals surface area (Å²) in [5.74, 6) is 0.957. The molecule has 0 atom stereocenters. The largest absolute Gasteiger partial charge is 0.497 e. The number of nitrogens with zero attached hydrogens (tertiary/aromatic N) is 1. The third-order valence-electron chi connectivity index (χ3n) is 4.28. The van der Waals surface area contributed by atoms with Crippen LogP contribution in [-0.2, 0) is 0 Å². The molecule has 0 aromatic heterocycles. The molecule has 0 amide bonds. The lowest BCUT2D eigenvalue weighted by Gasteiger charge is -2.36. The van der Waals surface area contributed by atoms with Crippen molar-refractivity contribution in [2.45, 2.75) is 57.0 Å². The Bertz CT molecular complexity index is 377. The third kappa shape index (κ3) is 2.47. The van der Waals surface area contributed by atoms with Crippen LogP contribution in [0, 0.1) is 0 Å². The summed E-state index contributed by atoms with van der Waals surface area (Å²) in [6.45, 7) is 0. The van der Waals surface area contributed by atoms with E-state index in [1.54, 1.807) is 7.11 Å². The molecule has 3 rings (SSSR count). The predicted molar refractivity (Wildman–Crippen MR) is 75.4 cm³/mol. The van der Waals surface area contributed by atoms with Crippen LogP contribution in [0.2, 0.25) is 0 Å². The second-order valence-electron chi connectivity index (χ2n) is 5.63. The van der Waals surface area contributed by atoms with Crippen molar-refractivity contribution in [1.82, 2.24) is 0 Å². The Morgan fingerprint density at radius 3 is 2.06 bits per heavy atom. The van der Waals surface area contributed by atoms with E-state index in [2.05, 4.69) is 29.2 Å². The van der Waals surface area contributed by atoms with E-state index in [1.165, 1.54) is 50.6 Å². The van der Waals surface area contributed by atoms with Gasteiger partial charge in [-0.15, -0.1) is 0 Å². The van der Waals surface area contributed by atoms with Crippen LogP contribution in [0.3, 0.4) is 0 Å². The molecule has 0 bridgehead atoms. The molecule has 1 aromatic carbocycles. The molecule has 0 saturated heterocycles. The molecule has 1 aromatic rings. The zero-order valence-corrected chi connectivity index (χ0v) is 11.3. The number of benzene rings is 1. The van der Waals surface area contributed by atoms with Crippen molar-refractivity contribution in [2.75, 3.05) is 12.0 Å². The van der Waals surface area contributed by atoms with Crippen molar-refractivity contribution < 1.29 is 4.74 Å². The van der Waals surface area contributed by atoms with Crippen molar-refractivity contribution in [2.24, 2.45) is 0 Å². The van der Waals surface area contributed by atoms with Crippen LogP contribution in [0.15, 0.2) is 24.3 Å². The molecule has 0 heterocycles. The van der Waals surface area contributed by atoms with E-state index in [1.807, 2.05) is 0 Å². The van der Waals surface area contributed by atoms with Crippen molar-refractivity contribution in [3.63, 3.8) is 0 Å². The van der Waals surface area contributed by atoms with Gasteiger partial charge < -0.3 is 9.64 Å².